The molecule has 1 atom stereocenters. The second-order valence-electron chi connectivity index (χ2n) is 6.38. The molecule has 0 N–H and O–H groups in total. The monoisotopic (exact) mass is 369 g/mol. The third-order valence-corrected chi connectivity index (χ3v) is 5.56. The molecule has 0 aromatic heterocycles. The van der Waals surface area contributed by atoms with Crippen LogP contribution in [0.15, 0.2) is 48.5 Å². The van der Waals surface area contributed by atoms with Gasteiger partial charge in [0, 0.05) is 11.7 Å². The van der Waals surface area contributed by atoms with Gasteiger partial charge in [0.1, 0.15) is 6.54 Å². The molecule has 6 nitrogen and oxygen atoms in total. The lowest BCUT2D eigenvalue weighted by Gasteiger charge is -2.28. The number of para-hydroxylation sites is 1. The van der Waals surface area contributed by atoms with Crippen molar-refractivity contribution >= 4 is 27.3 Å². The molecule has 0 bridgehead atoms. The number of rotatable bonds is 4. The van der Waals surface area contributed by atoms with Crippen LogP contribution >= 0.6 is 0 Å². The fourth-order valence-electron chi connectivity index (χ4n) is 3.28. The van der Waals surface area contributed by atoms with Gasteiger partial charge in [0.25, 0.3) is 0 Å². The summed E-state index contributed by atoms with van der Waals surface area (Å²) in [6.45, 7) is 1.63. The van der Waals surface area contributed by atoms with E-state index in [1.54, 1.807) is 23.1 Å². The van der Waals surface area contributed by atoms with Crippen LogP contribution in [0.3, 0.4) is 0 Å². The zero-order valence-corrected chi connectivity index (χ0v) is 15.4. The minimum absolute atomic E-state index is 0.0354. The fraction of sp³-hybridized carbons (Fsp3) is 0.263. The van der Waals surface area contributed by atoms with Crippen LogP contribution < -0.4 is 9.21 Å². The first kappa shape index (κ1) is 18.0. The molecule has 0 radical (unpaired) electrons. The number of hydrogen-bond donors (Lipinski definition) is 0. The van der Waals surface area contributed by atoms with Gasteiger partial charge < -0.3 is 4.90 Å². The van der Waals surface area contributed by atoms with Gasteiger partial charge in [0.05, 0.1) is 23.6 Å². The van der Waals surface area contributed by atoms with Crippen molar-refractivity contribution in [1.29, 1.82) is 5.26 Å². The van der Waals surface area contributed by atoms with E-state index in [1.807, 2.05) is 37.3 Å². The van der Waals surface area contributed by atoms with E-state index < -0.39 is 10.0 Å². The van der Waals surface area contributed by atoms with E-state index in [9.17, 15) is 13.2 Å². The summed E-state index contributed by atoms with van der Waals surface area (Å²) in [4.78, 5) is 14.6. The predicted octanol–water partition coefficient (Wildman–Crippen LogP) is 2.30. The molecule has 1 amide bonds. The molecule has 0 saturated heterocycles. The molecular formula is C19H19N3O3S. The summed E-state index contributed by atoms with van der Waals surface area (Å²) < 4.78 is 25.6. The van der Waals surface area contributed by atoms with Crippen molar-refractivity contribution in [3.8, 4) is 6.07 Å². The Morgan fingerprint density at radius 2 is 2.00 bits per heavy atom. The molecule has 0 fully saturated rings. The van der Waals surface area contributed by atoms with Crippen molar-refractivity contribution in [2.75, 3.05) is 22.0 Å². The highest BCUT2D eigenvalue weighted by atomic mass is 32.2. The van der Waals surface area contributed by atoms with Gasteiger partial charge in [0.2, 0.25) is 15.9 Å². The standard InChI is InChI=1S/C19H19N3O3S/c1-14-10-16-7-3-4-9-18(16)22(14)19(23)13-21(26(2,24)25)17-8-5-6-15(11-17)12-20/h3-9,11,14H,10,13H2,1-2H3. The van der Waals surface area contributed by atoms with Gasteiger partial charge in [-0.05, 0) is 43.2 Å². The van der Waals surface area contributed by atoms with Crippen LogP contribution in [0.2, 0.25) is 0 Å². The van der Waals surface area contributed by atoms with Crippen LogP contribution in [0, 0.1) is 11.3 Å². The smallest absolute Gasteiger partial charge is 0.248 e. The molecule has 0 aliphatic carbocycles. The number of benzene rings is 2. The van der Waals surface area contributed by atoms with Crippen molar-refractivity contribution in [2.45, 2.75) is 19.4 Å². The maximum absolute atomic E-state index is 13.0. The third-order valence-electron chi connectivity index (χ3n) is 4.42. The summed E-state index contributed by atoms with van der Waals surface area (Å²) in [5.74, 6) is -0.296. The number of carbonyl (C=O) groups excluding carboxylic acids is 1. The average molecular weight is 369 g/mol. The van der Waals surface area contributed by atoms with Gasteiger partial charge in [-0.1, -0.05) is 24.3 Å². The molecule has 7 heteroatoms. The molecule has 1 unspecified atom stereocenters. The van der Waals surface area contributed by atoms with Crippen molar-refractivity contribution < 1.29 is 13.2 Å². The maximum Gasteiger partial charge on any atom is 0.248 e. The van der Waals surface area contributed by atoms with Crippen molar-refractivity contribution in [1.82, 2.24) is 0 Å². The van der Waals surface area contributed by atoms with Gasteiger partial charge in [-0.2, -0.15) is 5.26 Å². The van der Waals surface area contributed by atoms with Crippen LogP contribution in [0.5, 0.6) is 0 Å². The average Bonchev–Trinajstić information content (AvgIpc) is 2.94. The summed E-state index contributed by atoms with van der Waals surface area (Å²) >= 11 is 0. The maximum atomic E-state index is 13.0. The molecule has 2 aromatic carbocycles. The molecule has 2 aromatic rings. The van der Waals surface area contributed by atoms with Crippen molar-refractivity contribution in [3.05, 3.63) is 59.7 Å². The van der Waals surface area contributed by atoms with E-state index in [1.165, 1.54) is 6.07 Å². The number of sulfonamides is 1. The van der Waals surface area contributed by atoms with Gasteiger partial charge >= 0.3 is 0 Å². The quantitative estimate of drug-likeness (QED) is 0.828. The van der Waals surface area contributed by atoms with Crippen LogP contribution in [0.1, 0.15) is 18.1 Å². The van der Waals surface area contributed by atoms with E-state index in [0.29, 0.717) is 11.3 Å². The fourth-order valence-corrected chi connectivity index (χ4v) is 4.12. The number of anilines is 2. The highest BCUT2D eigenvalue weighted by molar-refractivity contribution is 7.92. The Labute approximate surface area is 153 Å². The first-order valence-corrected chi connectivity index (χ1v) is 10.0. The summed E-state index contributed by atoms with van der Waals surface area (Å²) in [5.41, 5.74) is 2.54. The second-order valence-corrected chi connectivity index (χ2v) is 8.28. The number of nitrogens with zero attached hydrogens (tertiary/aromatic N) is 3. The Balaban J connectivity index is 1.93. The van der Waals surface area contributed by atoms with Crippen LogP contribution in [-0.4, -0.2) is 33.2 Å². The topological polar surface area (TPSA) is 81.5 Å². The summed E-state index contributed by atoms with van der Waals surface area (Å²) in [7, 11) is -3.69. The van der Waals surface area contributed by atoms with Crippen LogP contribution in [0.4, 0.5) is 11.4 Å². The lowest BCUT2D eigenvalue weighted by molar-refractivity contribution is -0.117. The van der Waals surface area contributed by atoms with E-state index in [0.717, 1.165) is 28.2 Å². The highest BCUT2D eigenvalue weighted by Gasteiger charge is 2.33. The Bertz CT molecular complexity index is 995. The molecule has 1 aliphatic rings. The molecule has 3 rings (SSSR count). The SMILES string of the molecule is CC1Cc2ccccc2N1C(=O)CN(c1cccc(C#N)c1)S(C)(=O)=O. The van der Waals surface area contributed by atoms with E-state index in [-0.39, 0.29) is 18.5 Å². The summed E-state index contributed by atoms with van der Waals surface area (Å²) in [6.07, 6.45) is 1.80. The van der Waals surface area contributed by atoms with E-state index >= 15 is 0 Å². The molecular weight excluding hydrogens is 350 g/mol. The van der Waals surface area contributed by atoms with Gasteiger partial charge in [0.15, 0.2) is 0 Å². The van der Waals surface area contributed by atoms with Gasteiger partial charge in [-0.15, -0.1) is 0 Å². The lowest BCUT2D eigenvalue weighted by atomic mass is 10.1. The Kier molecular flexibility index (Phi) is 4.70. The number of amides is 1. The number of fused-ring (bicyclic) bond motifs is 1. The summed E-state index contributed by atoms with van der Waals surface area (Å²) in [6, 6.07) is 15.8. The molecule has 134 valence electrons. The highest BCUT2D eigenvalue weighted by Crippen LogP contribution is 2.32. The van der Waals surface area contributed by atoms with Crippen molar-refractivity contribution in [3.63, 3.8) is 0 Å². The van der Waals surface area contributed by atoms with Gasteiger partial charge in [-0.25, -0.2) is 8.42 Å². The Morgan fingerprint density at radius 1 is 1.27 bits per heavy atom. The Hall–Kier alpha value is -2.85. The van der Waals surface area contributed by atoms with Crippen LogP contribution in [-0.2, 0) is 21.2 Å². The first-order valence-electron chi connectivity index (χ1n) is 8.19. The zero-order chi connectivity index (χ0) is 18.9. The predicted molar refractivity (Wildman–Crippen MR) is 100 cm³/mol. The van der Waals surface area contributed by atoms with Gasteiger partial charge in [-0.3, -0.25) is 9.10 Å². The second kappa shape index (κ2) is 6.81. The zero-order valence-electron chi connectivity index (χ0n) is 14.6. The van der Waals surface area contributed by atoms with Crippen LogP contribution in [0.25, 0.3) is 0 Å². The molecule has 0 spiro atoms. The number of carbonyl (C=O) groups is 1. The minimum atomic E-state index is -3.69. The first-order chi connectivity index (χ1) is 12.3. The lowest BCUT2D eigenvalue weighted by Crippen LogP contribution is -2.45. The molecule has 26 heavy (non-hydrogen) atoms. The van der Waals surface area contributed by atoms with E-state index in [4.69, 9.17) is 5.26 Å². The van der Waals surface area contributed by atoms with E-state index in [2.05, 4.69) is 0 Å². The number of nitriles is 1. The normalized spacial score (nSPS) is 16.0. The Morgan fingerprint density at radius 3 is 2.69 bits per heavy atom. The number of hydrogen-bond acceptors (Lipinski definition) is 4. The minimum Gasteiger partial charge on any atom is -0.307 e. The van der Waals surface area contributed by atoms with Crippen molar-refractivity contribution in [2.24, 2.45) is 0 Å². The summed E-state index contributed by atoms with van der Waals surface area (Å²) in [5, 5.41) is 9.05. The molecule has 1 aliphatic heterocycles. The molecule has 0 saturated carbocycles. The third kappa shape index (κ3) is 3.41. The molecule has 1 heterocycles. The largest absolute Gasteiger partial charge is 0.307 e.